The van der Waals surface area contributed by atoms with Crippen LogP contribution in [0, 0.1) is 6.92 Å². The Morgan fingerprint density at radius 3 is 2.82 bits per heavy atom. The monoisotopic (exact) mass is 269 g/mol. The van der Waals surface area contributed by atoms with Crippen molar-refractivity contribution in [2.75, 3.05) is 5.75 Å². The van der Waals surface area contributed by atoms with Crippen molar-refractivity contribution in [1.29, 1.82) is 0 Å². The number of nitrogens with two attached hydrogens (primary N) is 1. The van der Waals surface area contributed by atoms with Gasteiger partial charge in [-0.05, 0) is 12.5 Å². The molecule has 0 spiro atoms. The zero-order valence-electron chi connectivity index (χ0n) is 10.5. The Morgan fingerprint density at radius 2 is 2.18 bits per heavy atom. The van der Waals surface area contributed by atoms with Gasteiger partial charge in [-0.1, -0.05) is 13.8 Å². The maximum atomic E-state index is 5.70. The number of nitrogens with zero attached hydrogens (tertiary/aromatic N) is 2. The zero-order valence-corrected chi connectivity index (χ0v) is 12.1. The third-order valence-corrected chi connectivity index (χ3v) is 6.51. The van der Waals surface area contributed by atoms with E-state index in [1.165, 1.54) is 0 Å². The first-order valence-electron chi connectivity index (χ1n) is 5.91. The van der Waals surface area contributed by atoms with E-state index in [1.54, 1.807) is 0 Å². The van der Waals surface area contributed by atoms with E-state index in [-0.39, 0.29) is 0 Å². The second kappa shape index (κ2) is 5.59. The fourth-order valence-electron chi connectivity index (χ4n) is 1.77. The predicted octanol–water partition coefficient (Wildman–Crippen LogP) is 2.54. The smallest absolute Gasteiger partial charge is 0.142 e. The van der Waals surface area contributed by atoms with Crippen LogP contribution in [-0.2, 0) is 6.54 Å². The Labute approximate surface area is 111 Å². The molecular weight excluding hydrogens is 250 g/mol. The molecule has 1 aliphatic heterocycles. The Kier molecular flexibility index (Phi) is 4.33. The Hall–Kier alpha value is -0.260. The van der Waals surface area contributed by atoms with Crippen molar-refractivity contribution in [3.05, 3.63) is 23.3 Å². The van der Waals surface area contributed by atoms with Crippen molar-refractivity contribution in [3.63, 3.8) is 0 Å². The SMILES string of the molecule is Cc1cnc(C2CSC(C)C(C)S2)nc1CN. The van der Waals surface area contributed by atoms with Gasteiger partial charge in [0.2, 0.25) is 0 Å². The first-order chi connectivity index (χ1) is 8.11. The molecule has 1 saturated heterocycles. The summed E-state index contributed by atoms with van der Waals surface area (Å²) in [6.07, 6.45) is 1.90. The van der Waals surface area contributed by atoms with E-state index in [4.69, 9.17) is 5.73 Å². The van der Waals surface area contributed by atoms with Crippen LogP contribution in [0.1, 0.15) is 36.2 Å². The minimum atomic E-state index is 0.414. The lowest BCUT2D eigenvalue weighted by Gasteiger charge is -2.30. The zero-order chi connectivity index (χ0) is 12.4. The van der Waals surface area contributed by atoms with Gasteiger partial charge in [0.15, 0.2) is 0 Å². The van der Waals surface area contributed by atoms with Crippen molar-refractivity contribution in [1.82, 2.24) is 9.97 Å². The van der Waals surface area contributed by atoms with Crippen LogP contribution >= 0.6 is 23.5 Å². The summed E-state index contributed by atoms with van der Waals surface area (Å²) in [7, 11) is 0. The van der Waals surface area contributed by atoms with Crippen LogP contribution in [-0.4, -0.2) is 26.2 Å². The number of hydrogen-bond donors (Lipinski definition) is 1. The summed E-state index contributed by atoms with van der Waals surface area (Å²) < 4.78 is 0. The Morgan fingerprint density at radius 1 is 1.41 bits per heavy atom. The molecule has 0 radical (unpaired) electrons. The van der Waals surface area contributed by atoms with Crippen molar-refractivity contribution in [3.8, 4) is 0 Å². The molecule has 0 aliphatic carbocycles. The highest BCUT2D eigenvalue weighted by Gasteiger charge is 2.28. The van der Waals surface area contributed by atoms with Gasteiger partial charge in [-0.3, -0.25) is 0 Å². The third kappa shape index (κ3) is 2.95. The second-order valence-corrected chi connectivity index (χ2v) is 7.43. The molecule has 3 atom stereocenters. The van der Waals surface area contributed by atoms with Gasteiger partial charge in [-0.2, -0.15) is 11.8 Å². The van der Waals surface area contributed by atoms with Gasteiger partial charge in [-0.15, -0.1) is 11.8 Å². The number of hydrogen-bond acceptors (Lipinski definition) is 5. The fraction of sp³-hybridized carbons (Fsp3) is 0.667. The largest absolute Gasteiger partial charge is 0.325 e. The Bertz CT molecular complexity index is 397. The van der Waals surface area contributed by atoms with Crippen molar-refractivity contribution in [2.24, 2.45) is 5.73 Å². The average Bonchev–Trinajstić information content (AvgIpc) is 2.33. The van der Waals surface area contributed by atoms with E-state index >= 15 is 0 Å². The molecule has 3 unspecified atom stereocenters. The molecule has 17 heavy (non-hydrogen) atoms. The highest BCUT2D eigenvalue weighted by atomic mass is 32.2. The van der Waals surface area contributed by atoms with Gasteiger partial charge >= 0.3 is 0 Å². The molecule has 0 aromatic carbocycles. The first-order valence-corrected chi connectivity index (χ1v) is 7.90. The molecule has 0 saturated carbocycles. The minimum absolute atomic E-state index is 0.414. The molecule has 1 fully saturated rings. The van der Waals surface area contributed by atoms with Crippen molar-refractivity contribution < 1.29 is 0 Å². The molecule has 0 amide bonds. The van der Waals surface area contributed by atoms with Gasteiger partial charge in [-0.25, -0.2) is 9.97 Å². The highest BCUT2D eigenvalue weighted by Crippen LogP contribution is 2.43. The van der Waals surface area contributed by atoms with Crippen LogP contribution in [0.25, 0.3) is 0 Å². The van der Waals surface area contributed by atoms with Gasteiger partial charge in [0.25, 0.3) is 0 Å². The molecule has 5 heteroatoms. The second-order valence-electron chi connectivity index (χ2n) is 4.43. The number of aromatic nitrogens is 2. The van der Waals surface area contributed by atoms with Crippen LogP contribution in [0.15, 0.2) is 6.20 Å². The van der Waals surface area contributed by atoms with Crippen LogP contribution in [0.2, 0.25) is 0 Å². The van der Waals surface area contributed by atoms with Gasteiger partial charge in [0.1, 0.15) is 5.82 Å². The lowest BCUT2D eigenvalue weighted by molar-refractivity contribution is 0.828. The summed E-state index contributed by atoms with van der Waals surface area (Å²) in [5.74, 6) is 2.05. The molecule has 3 nitrogen and oxygen atoms in total. The van der Waals surface area contributed by atoms with E-state index in [1.807, 2.05) is 36.6 Å². The molecular formula is C12H19N3S2. The summed E-state index contributed by atoms with van der Waals surface area (Å²) in [6.45, 7) is 7.09. The fourth-order valence-corrected chi connectivity index (χ4v) is 4.63. The molecule has 1 aliphatic rings. The summed E-state index contributed by atoms with van der Waals surface area (Å²) in [4.78, 5) is 9.07. The number of aryl methyl sites for hydroxylation is 1. The summed E-state index contributed by atoms with van der Waals surface area (Å²) >= 11 is 4.00. The molecule has 2 heterocycles. The van der Waals surface area contributed by atoms with Crippen LogP contribution < -0.4 is 5.73 Å². The quantitative estimate of drug-likeness (QED) is 0.894. The first kappa shape index (κ1) is 13.2. The lowest BCUT2D eigenvalue weighted by Crippen LogP contribution is -2.23. The Balaban J connectivity index is 2.17. The van der Waals surface area contributed by atoms with E-state index in [2.05, 4.69) is 23.8 Å². The lowest BCUT2D eigenvalue weighted by atomic mass is 10.2. The predicted molar refractivity (Wildman–Crippen MR) is 76.4 cm³/mol. The third-order valence-electron chi connectivity index (χ3n) is 3.13. The summed E-state index contributed by atoms with van der Waals surface area (Å²) in [5.41, 5.74) is 7.76. The van der Waals surface area contributed by atoms with Crippen molar-refractivity contribution >= 4 is 23.5 Å². The summed E-state index contributed by atoms with van der Waals surface area (Å²) in [6, 6.07) is 0. The maximum absolute atomic E-state index is 5.70. The van der Waals surface area contributed by atoms with Crippen molar-refractivity contribution in [2.45, 2.75) is 43.1 Å². The van der Waals surface area contributed by atoms with E-state index in [9.17, 15) is 0 Å². The van der Waals surface area contributed by atoms with Gasteiger partial charge in [0, 0.05) is 29.0 Å². The topological polar surface area (TPSA) is 51.8 Å². The van der Waals surface area contributed by atoms with Crippen LogP contribution in [0.4, 0.5) is 0 Å². The number of rotatable bonds is 2. The molecule has 2 rings (SSSR count). The van der Waals surface area contributed by atoms with Gasteiger partial charge < -0.3 is 5.73 Å². The maximum Gasteiger partial charge on any atom is 0.142 e. The molecule has 0 bridgehead atoms. The van der Waals surface area contributed by atoms with E-state index < -0.39 is 0 Å². The summed E-state index contributed by atoms with van der Waals surface area (Å²) in [5, 5.41) is 1.79. The normalized spacial score (nSPS) is 29.3. The van der Waals surface area contributed by atoms with E-state index in [0.29, 0.717) is 17.0 Å². The standard InChI is InChI=1S/C12H19N3S2/c1-7-5-14-12(15-10(7)4-13)11-6-16-8(2)9(3)17-11/h5,8-9,11H,4,6,13H2,1-3H3. The van der Waals surface area contributed by atoms with E-state index in [0.717, 1.165) is 28.1 Å². The molecule has 94 valence electrons. The number of thioether (sulfide) groups is 2. The van der Waals surface area contributed by atoms with Gasteiger partial charge in [0.05, 0.1) is 10.9 Å². The average molecular weight is 269 g/mol. The molecule has 2 N–H and O–H groups in total. The van der Waals surface area contributed by atoms with Crippen LogP contribution in [0.3, 0.4) is 0 Å². The van der Waals surface area contributed by atoms with Crippen LogP contribution in [0.5, 0.6) is 0 Å². The minimum Gasteiger partial charge on any atom is -0.325 e. The molecule has 1 aromatic rings. The highest BCUT2D eigenvalue weighted by molar-refractivity contribution is 8.07. The molecule has 1 aromatic heterocycles.